The lowest BCUT2D eigenvalue weighted by Crippen LogP contribution is -2.71. The molecule has 0 aromatic carbocycles. The Hall–Kier alpha value is -1.48. The van der Waals surface area contributed by atoms with Gasteiger partial charge in [0, 0.05) is 22.8 Å². The number of halogens is 2. The number of aliphatic hydroxyl groups excluding tert-OH is 1. The minimum Gasteiger partial charge on any atom is -0.390 e. The lowest BCUT2D eigenvalue weighted by atomic mass is 9.44. The van der Waals surface area contributed by atoms with Crippen LogP contribution < -0.4 is 5.32 Å². The Bertz CT molecular complexity index is 1010. The van der Waals surface area contributed by atoms with Gasteiger partial charge in [0.05, 0.1) is 18.8 Å². The summed E-state index contributed by atoms with van der Waals surface area (Å²) in [6, 6.07) is 0.0783. The Balaban J connectivity index is 1.59. The van der Waals surface area contributed by atoms with Crippen molar-refractivity contribution in [1.82, 2.24) is 5.32 Å². The highest BCUT2D eigenvalue weighted by Gasteiger charge is 2.79. The maximum atomic E-state index is 17.4. The third-order valence-electron chi connectivity index (χ3n) is 10.0. The van der Waals surface area contributed by atoms with Gasteiger partial charge in [-0.3, -0.25) is 9.59 Å². The molecule has 4 fully saturated rings. The summed E-state index contributed by atoms with van der Waals surface area (Å²) in [4.78, 5) is 26.0. The Labute approximate surface area is 211 Å². The van der Waals surface area contributed by atoms with Gasteiger partial charge in [0.15, 0.2) is 29.1 Å². The molecule has 4 aliphatic carbocycles. The normalized spacial score (nSPS) is 49.4. The van der Waals surface area contributed by atoms with E-state index < -0.39 is 58.6 Å². The van der Waals surface area contributed by atoms with Gasteiger partial charge in [0.25, 0.3) is 0 Å². The molecule has 1 heterocycles. The molecule has 0 aromatic rings. The van der Waals surface area contributed by atoms with Crippen LogP contribution in [0.5, 0.6) is 0 Å². The van der Waals surface area contributed by atoms with Gasteiger partial charge in [-0.1, -0.05) is 40.2 Å². The van der Waals surface area contributed by atoms with Crippen molar-refractivity contribution >= 4 is 11.6 Å². The van der Waals surface area contributed by atoms with Gasteiger partial charge >= 0.3 is 0 Å². The molecule has 8 unspecified atom stereocenters. The van der Waals surface area contributed by atoms with Crippen molar-refractivity contribution in [2.75, 3.05) is 6.54 Å². The lowest BCUT2D eigenvalue weighted by molar-refractivity contribution is -0.234. The average Bonchev–Trinajstić information content (AvgIpc) is 3.28. The summed E-state index contributed by atoms with van der Waals surface area (Å²) in [7, 11) is 0. The lowest BCUT2D eigenvalue weighted by Gasteiger charge is -2.63. The van der Waals surface area contributed by atoms with Crippen molar-refractivity contribution in [3.63, 3.8) is 0 Å². The Morgan fingerprint density at radius 3 is 2.67 bits per heavy atom. The molecule has 0 spiro atoms. The summed E-state index contributed by atoms with van der Waals surface area (Å²) in [5, 5.41) is 14.8. The maximum Gasteiger partial charge on any atom is 0.181 e. The number of Topliss-reactive ketones (excluding diaryl/α,β-unsaturated/α-hetero) is 1. The zero-order chi connectivity index (χ0) is 26.3. The van der Waals surface area contributed by atoms with E-state index in [0.29, 0.717) is 12.8 Å². The van der Waals surface area contributed by atoms with Gasteiger partial charge in [-0.2, -0.15) is 0 Å². The van der Waals surface area contributed by atoms with Crippen molar-refractivity contribution in [1.29, 1.82) is 0 Å². The summed E-state index contributed by atoms with van der Waals surface area (Å²) >= 11 is 0. The summed E-state index contributed by atoms with van der Waals surface area (Å²) in [6.07, 6.45) is 1.39. The van der Waals surface area contributed by atoms with Gasteiger partial charge in [0.1, 0.15) is 6.17 Å². The van der Waals surface area contributed by atoms with Gasteiger partial charge in [-0.15, -0.1) is 0 Å². The minimum atomic E-state index is -2.19. The van der Waals surface area contributed by atoms with E-state index in [9.17, 15) is 14.7 Å². The van der Waals surface area contributed by atoms with E-state index in [1.165, 1.54) is 18.2 Å². The van der Waals surface area contributed by atoms with Crippen LogP contribution in [0.1, 0.15) is 66.7 Å². The first kappa shape index (κ1) is 26.1. The molecular weight excluding hydrogens is 468 g/mol. The number of carbonyl (C=O) groups is 2. The number of allylic oxidation sites excluding steroid dienone is 4. The minimum absolute atomic E-state index is 0.0155. The quantitative estimate of drug-likeness (QED) is 0.570. The van der Waals surface area contributed by atoms with E-state index in [4.69, 9.17) is 9.47 Å². The van der Waals surface area contributed by atoms with Gasteiger partial charge < -0.3 is 19.9 Å². The Morgan fingerprint density at radius 1 is 1.28 bits per heavy atom. The number of alkyl halides is 2. The first-order valence-corrected chi connectivity index (χ1v) is 13.4. The summed E-state index contributed by atoms with van der Waals surface area (Å²) < 4.78 is 45.9. The van der Waals surface area contributed by atoms with Gasteiger partial charge in [-0.05, 0) is 56.3 Å². The fraction of sp³-hybridized carbons (Fsp3) is 0.786. The fourth-order valence-corrected chi connectivity index (χ4v) is 8.31. The molecule has 8 heteroatoms. The van der Waals surface area contributed by atoms with Crippen molar-refractivity contribution in [3.8, 4) is 0 Å². The summed E-state index contributed by atoms with van der Waals surface area (Å²) in [5.74, 6) is -1.84. The molecule has 6 nitrogen and oxygen atoms in total. The van der Waals surface area contributed by atoms with Crippen LogP contribution in [0.15, 0.2) is 23.8 Å². The molecule has 0 radical (unpaired) electrons. The van der Waals surface area contributed by atoms with Crippen LogP contribution in [0.25, 0.3) is 0 Å². The van der Waals surface area contributed by atoms with E-state index in [2.05, 4.69) is 5.32 Å². The third kappa shape index (κ3) is 3.20. The number of hydrogen-bond acceptors (Lipinski definition) is 6. The highest BCUT2D eigenvalue weighted by Crippen LogP contribution is 2.72. The zero-order valence-electron chi connectivity index (χ0n) is 21.9. The molecule has 5 aliphatic rings. The van der Waals surface area contributed by atoms with E-state index in [1.807, 2.05) is 27.7 Å². The first-order chi connectivity index (χ1) is 16.8. The molecule has 10 atom stereocenters. The molecule has 1 aliphatic heterocycles. The standard InChI is InChI=1S/C28H39F2NO5/c1-6-7-24-35-23-12-17-18-11-20(29)19-10-16(32)8-9-25(19,4)27(18,30)21(33)13-26(17,5)28(23,36-24)22(34)14-31-15(2)3/h8-10,15,17-18,20-21,23-24,31,33H,6-7,11-14H2,1-5H3/t17?,18?,20-,21?,23?,24?,25?,26?,27-,28?/m0/s1. The number of ketones is 2. The monoisotopic (exact) mass is 507 g/mol. The molecule has 0 amide bonds. The van der Waals surface area contributed by atoms with E-state index in [1.54, 1.807) is 6.92 Å². The highest BCUT2D eigenvalue weighted by molar-refractivity contribution is 6.01. The molecule has 1 saturated heterocycles. The van der Waals surface area contributed by atoms with Crippen LogP contribution >= 0.6 is 0 Å². The molecule has 3 saturated carbocycles. The van der Waals surface area contributed by atoms with Crippen molar-refractivity contribution in [2.24, 2.45) is 22.7 Å². The smallest absolute Gasteiger partial charge is 0.181 e. The third-order valence-corrected chi connectivity index (χ3v) is 10.0. The number of ether oxygens (including phenoxy) is 2. The first-order valence-electron chi connectivity index (χ1n) is 13.4. The predicted octanol–water partition coefficient (Wildman–Crippen LogP) is 3.76. The number of nitrogens with one attached hydrogen (secondary N) is 1. The zero-order valence-corrected chi connectivity index (χ0v) is 21.9. The summed E-state index contributed by atoms with van der Waals surface area (Å²) in [5.41, 5.74) is -5.84. The molecule has 5 rings (SSSR count). The van der Waals surface area contributed by atoms with Crippen molar-refractivity contribution in [3.05, 3.63) is 23.8 Å². The Kier molecular flexibility index (Phi) is 6.18. The van der Waals surface area contributed by atoms with Crippen LogP contribution in [-0.2, 0) is 19.1 Å². The second kappa shape index (κ2) is 8.52. The number of hydrogen-bond donors (Lipinski definition) is 2. The molecule has 0 bridgehead atoms. The predicted molar refractivity (Wildman–Crippen MR) is 130 cm³/mol. The second-order valence-electron chi connectivity index (χ2n) is 12.3. The fourth-order valence-electron chi connectivity index (χ4n) is 8.31. The van der Waals surface area contributed by atoms with Crippen molar-refractivity contribution in [2.45, 2.75) is 109 Å². The van der Waals surface area contributed by atoms with E-state index in [-0.39, 0.29) is 42.6 Å². The van der Waals surface area contributed by atoms with Crippen LogP contribution in [0.3, 0.4) is 0 Å². The van der Waals surface area contributed by atoms with E-state index >= 15 is 8.78 Å². The van der Waals surface area contributed by atoms with Gasteiger partial charge in [-0.25, -0.2) is 8.78 Å². The second-order valence-corrected chi connectivity index (χ2v) is 12.3. The number of fused-ring (bicyclic) bond motifs is 7. The molecule has 200 valence electrons. The SMILES string of the molecule is CCCC1OC2CC3C4C[C@H](F)C5=CC(=O)C=CC5(C)[C@@]4(F)C(O)CC3(C)C2(C(=O)CNC(C)C)O1. The molecule has 36 heavy (non-hydrogen) atoms. The largest absolute Gasteiger partial charge is 0.390 e. The summed E-state index contributed by atoms with van der Waals surface area (Å²) in [6.45, 7) is 9.47. The molecule has 2 N–H and O–H groups in total. The Morgan fingerprint density at radius 2 is 2.00 bits per heavy atom. The maximum absolute atomic E-state index is 17.4. The van der Waals surface area contributed by atoms with Crippen LogP contribution in [0, 0.1) is 22.7 Å². The van der Waals surface area contributed by atoms with Crippen LogP contribution in [0.2, 0.25) is 0 Å². The van der Waals surface area contributed by atoms with E-state index in [0.717, 1.165) is 6.42 Å². The molecular formula is C28H39F2NO5. The average molecular weight is 508 g/mol. The van der Waals surface area contributed by atoms with Crippen LogP contribution in [0.4, 0.5) is 8.78 Å². The molecule has 0 aromatic heterocycles. The number of aliphatic hydroxyl groups is 1. The van der Waals surface area contributed by atoms with Crippen LogP contribution in [-0.4, -0.2) is 65.2 Å². The topological polar surface area (TPSA) is 84.9 Å². The van der Waals surface area contributed by atoms with Gasteiger partial charge in [0.2, 0.25) is 0 Å². The van der Waals surface area contributed by atoms with Crippen molar-refractivity contribution < 1.29 is 33.0 Å². The number of carbonyl (C=O) groups excluding carboxylic acids is 2. The highest BCUT2D eigenvalue weighted by atomic mass is 19.1. The number of rotatable bonds is 6.